The van der Waals surface area contributed by atoms with Crippen molar-refractivity contribution in [2.45, 2.75) is 13.3 Å². The Balaban J connectivity index is 1.97. The van der Waals surface area contributed by atoms with E-state index in [1.54, 1.807) is 20.0 Å². The van der Waals surface area contributed by atoms with E-state index in [2.05, 4.69) is 20.6 Å². The summed E-state index contributed by atoms with van der Waals surface area (Å²) in [5.41, 5.74) is 0.606. The number of hydrogen-bond donors (Lipinski definition) is 2. The molecule has 0 fully saturated rings. The highest BCUT2D eigenvalue weighted by molar-refractivity contribution is 5.47. The van der Waals surface area contributed by atoms with Crippen LogP contribution in [0.4, 0.5) is 20.4 Å². The van der Waals surface area contributed by atoms with Crippen LogP contribution in [-0.2, 0) is 6.42 Å². The van der Waals surface area contributed by atoms with Gasteiger partial charge in [0.25, 0.3) is 0 Å². The molecule has 106 valence electrons. The van der Waals surface area contributed by atoms with Gasteiger partial charge in [-0.15, -0.1) is 0 Å². The van der Waals surface area contributed by atoms with E-state index < -0.39 is 11.6 Å². The highest BCUT2D eigenvalue weighted by Crippen LogP contribution is 2.12. The smallest absolute Gasteiger partial charge is 0.131 e. The van der Waals surface area contributed by atoms with Crippen LogP contribution >= 0.6 is 0 Å². The number of benzene rings is 1. The van der Waals surface area contributed by atoms with E-state index in [-0.39, 0.29) is 0 Å². The summed E-state index contributed by atoms with van der Waals surface area (Å²) >= 11 is 0. The van der Waals surface area contributed by atoms with E-state index in [0.29, 0.717) is 30.2 Å². The monoisotopic (exact) mass is 278 g/mol. The molecule has 0 unspecified atom stereocenters. The minimum absolute atomic E-state index is 0.507. The predicted octanol–water partition coefficient (Wildman–Crippen LogP) is 2.76. The molecule has 1 aromatic heterocycles. The Hall–Kier alpha value is -2.24. The van der Waals surface area contributed by atoms with Crippen LogP contribution in [0.15, 0.2) is 24.3 Å². The molecular formula is C14H16F2N4. The molecule has 1 aromatic carbocycles. The zero-order valence-corrected chi connectivity index (χ0v) is 11.4. The van der Waals surface area contributed by atoms with E-state index in [1.165, 1.54) is 12.1 Å². The molecule has 0 saturated carbocycles. The van der Waals surface area contributed by atoms with Gasteiger partial charge in [0.15, 0.2) is 0 Å². The molecule has 0 bridgehead atoms. The lowest BCUT2D eigenvalue weighted by molar-refractivity contribution is 0.580. The summed E-state index contributed by atoms with van der Waals surface area (Å²) in [6, 6.07) is 5.30. The molecule has 6 heteroatoms. The van der Waals surface area contributed by atoms with Crippen LogP contribution in [0.3, 0.4) is 0 Å². The maximum atomic E-state index is 13.0. The summed E-state index contributed by atoms with van der Waals surface area (Å²) in [4.78, 5) is 8.42. The lowest BCUT2D eigenvalue weighted by Gasteiger charge is -2.08. The van der Waals surface area contributed by atoms with Gasteiger partial charge in [0.05, 0.1) is 0 Å². The first-order valence-corrected chi connectivity index (χ1v) is 6.29. The van der Waals surface area contributed by atoms with E-state index in [0.717, 1.165) is 11.9 Å². The molecule has 0 amide bonds. The Morgan fingerprint density at radius 2 is 1.65 bits per heavy atom. The van der Waals surface area contributed by atoms with Gasteiger partial charge in [-0.2, -0.15) is 0 Å². The first-order chi connectivity index (χ1) is 9.56. The molecule has 2 aromatic rings. The third-order valence-corrected chi connectivity index (χ3v) is 2.74. The van der Waals surface area contributed by atoms with Crippen LogP contribution in [-0.4, -0.2) is 23.6 Å². The van der Waals surface area contributed by atoms with E-state index >= 15 is 0 Å². The SMILES string of the molecule is CNc1cc(NCCc2cc(F)cc(F)c2)nc(C)n1. The van der Waals surface area contributed by atoms with Crippen LogP contribution in [0.2, 0.25) is 0 Å². The average Bonchev–Trinajstić information content (AvgIpc) is 2.37. The zero-order valence-electron chi connectivity index (χ0n) is 11.4. The topological polar surface area (TPSA) is 49.8 Å². The van der Waals surface area contributed by atoms with Gasteiger partial charge in [0.2, 0.25) is 0 Å². The number of aryl methyl sites for hydroxylation is 1. The maximum absolute atomic E-state index is 13.0. The maximum Gasteiger partial charge on any atom is 0.131 e. The van der Waals surface area contributed by atoms with Crippen LogP contribution < -0.4 is 10.6 Å². The minimum Gasteiger partial charge on any atom is -0.373 e. The number of rotatable bonds is 5. The summed E-state index contributed by atoms with van der Waals surface area (Å²) in [6.45, 7) is 2.33. The average molecular weight is 278 g/mol. The summed E-state index contributed by atoms with van der Waals surface area (Å²) < 4.78 is 26.1. The number of aromatic nitrogens is 2. The Labute approximate surface area is 116 Å². The van der Waals surface area contributed by atoms with Crippen molar-refractivity contribution >= 4 is 11.6 Å². The van der Waals surface area contributed by atoms with Gasteiger partial charge in [-0.05, 0) is 31.0 Å². The van der Waals surface area contributed by atoms with Gasteiger partial charge in [-0.1, -0.05) is 0 Å². The van der Waals surface area contributed by atoms with Gasteiger partial charge in [0, 0.05) is 25.7 Å². The number of nitrogens with zero attached hydrogens (tertiary/aromatic N) is 2. The number of nitrogens with one attached hydrogen (secondary N) is 2. The summed E-state index contributed by atoms with van der Waals surface area (Å²) in [5, 5.41) is 6.05. The Morgan fingerprint density at radius 3 is 2.30 bits per heavy atom. The first-order valence-electron chi connectivity index (χ1n) is 6.29. The molecule has 4 nitrogen and oxygen atoms in total. The molecule has 0 aliphatic rings. The molecule has 0 radical (unpaired) electrons. The van der Waals surface area contributed by atoms with Crippen LogP contribution in [0.5, 0.6) is 0 Å². The van der Waals surface area contributed by atoms with Gasteiger partial charge in [0.1, 0.15) is 29.1 Å². The highest BCUT2D eigenvalue weighted by atomic mass is 19.1. The van der Waals surface area contributed by atoms with E-state index in [9.17, 15) is 8.78 Å². The second kappa shape index (κ2) is 6.27. The van der Waals surface area contributed by atoms with Gasteiger partial charge in [-0.25, -0.2) is 18.7 Å². The lowest BCUT2D eigenvalue weighted by Crippen LogP contribution is -2.08. The third-order valence-electron chi connectivity index (χ3n) is 2.74. The summed E-state index contributed by atoms with van der Waals surface area (Å²) in [7, 11) is 1.78. The Bertz CT molecular complexity index is 581. The van der Waals surface area contributed by atoms with Crippen molar-refractivity contribution in [3.63, 3.8) is 0 Å². The molecule has 20 heavy (non-hydrogen) atoms. The van der Waals surface area contributed by atoms with E-state index in [1.807, 2.05) is 0 Å². The minimum atomic E-state index is -0.560. The standard InChI is InChI=1S/C14H16F2N4/c1-9-19-13(17-2)8-14(20-9)18-4-3-10-5-11(15)7-12(16)6-10/h5-8H,3-4H2,1-2H3,(H2,17,18,19,20). The van der Waals surface area contributed by atoms with Gasteiger partial charge >= 0.3 is 0 Å². The van der Waals surface area contributed by atoms with Crippen molar-refractivity contribution in [2.75, 3.05) is 24.2 Å². The molecule has 0 spiro atoms. The van der Waals surface area contributed by atoms with Crippen LogP contribution in [0.25, 0.3) is 0 Å². The van der Waals surface area contributed by atoms with Crippen molar-refractivity contribution in [3.05, 3.63) is 47.3 Å². The zero-order chi connectivity index (χ0) is 14.5. The predicted molar refractivity (Wildman–Crippen MR) is 74.9 cm³/mol. The van der Waals surface area contributed by atoms with Crippen molar-refractivity contribution in [1.82, 2.24) is 9.97 Å². The Kier molecular flexibility index (Phi) is 4.45. The number of halogens is 2. The molecule has 0 aliphatic carbocycles. The van der Waals surface area contributed by atoms with Gasteiger partial charge < -0.3 is 10.6 Å². The number of hydrogen-bond acceptors (Lipinski definition) is 4. The fourth-order valence-electron chi connectivity index (χ4n) is 1.88. The fourth-order valence-corrected chi connectivity index (χ4v) is 1.88. The van der Waals surface area contributed by atoms with Crippen LogP contribution in [0.1, 0.15) is 11.4 Å². The third kappa shape index (κ3) is 3.88. The summed E-state index contributed by atoms with van der Waals surface area (Å²) in [6.07, 6.45) is 0.507. The van der Waals surface area contributed by atoms with Crippen molar-refractivity contribution in [2.24, 2.45) is 0 Å². The normalized spacial score (nSPS) is 10.4. The molecule has 2 rings (SSSR count). The Morgan fingerprint density at radius 1 is 1.00 bits per heavy atom. The second-order valence-corrected chi connectivity index (χ2v) is 4.39. The fraction of sp³-hybridized carbons (Fsp3) is 0.286. The summed E-state index contributed by atoms with van der Waals surface area (Å²) in [5.74, 6) is 0.928. The van der Waals surface area contributed by atoms with Crippen molar-refractivity contribution < 1.29 is 8.78 Å². The van der Waals surface area contributed by atoms with Crippen molar-refractivity contribution in [1.29, 1.82) is 0 Å². The van der Waals surface area contributed by atoms with Crippen LogP contribution in [0, 0.1) is 18.6 Å². The lowest BCUT2D eigenvalue weighted by atomic mass is 10.1. The highest BCUT2D eigenvalue weighted by Gasteiger charge is 2.02. The molecular weight excluding hydrogens is 262 g/mol. The molecule has 0 aliphatic heterocycles. The molecule has 2 N–H and O–H groups in total. The van der Waals surface area contributed by atoms with E-state index in [4.69, 9.17) is 0 Å². The van der Waals surface area contributed by atoms with Crippen molar-refractivity contribution in [3.8, 4) is 0 Å². The molecule has 0 saturated heterocycles. The van der Waals surface area contributed by atoms with Gasteiger partial charge in [-0.3, -0.25) is 0 Å². The second-order valence-electron chi connectivity index (χ2n) is 4.39. The number of anilines is 2. The first kappa shape index (κ1) is 14.2. The quantitative estimate of drug-likeness (QED) is 0.883. The molecule has 1 heterocycles. The largest absolute Gasteiger partial charge is 0.373 e. The molecule has 0 atom stereocenters.